The number of aryl methyl sites for hydroxylation is 2. The number of benzene rings is 1. The molecule has 3 heterocycles. The van der Waals surface area contributed by atoms with Crippen LogP contribution in [0.5, 0.6) is 5.88 Å². The van der Waals surface area contributed by atoms with Gasteiger partial charge in [-0.2, -0.15) is 4.52 Å². The van der Waals surface area contributed by atoms with Gasteiger partial charge in [0.15, 0.2) is 11.9 Å². The SMILES string of the molecule is CCc1nc2sc([C@H](c3cccc(C)c3)[NH+]3CCCCC3)c(O)n2n1. The molecule has 0 spiro atoms. The first-order chi connectivity index (χ1) is 12.2. The number of fused-ring (bicyclic) bond motifs is 1. The Balaban J connectivity index is 1.82. The maximum absolute atomic E-state index is 10.9. The molecule has 0 bridgehead atoms. The molecule has 1 fully saturated rings. The lowest BCUT2D eigenvalue weighted by atomic mass is 9.99. The van der Waals surface area contributed by atoms with Crippen LogP contribution >= 0.6 is 11.3 Å². The summed E-state index contributed by atoms with van der Waals surface area (Å²) in [5.74, 6) is 1.04. The van der Waals surface area contributed by atoms with Crippen molar-refractivity contribution in [3.63, 3.8) is 0 Å². The molecule has 0 radical (unpaired) electrons. The van der Waals surface area contributed by atoms with E-state index in [1.807, 2.05) is 6.92 Å². The van der Waals surface area contributed by atoms with Gasteiger partial charge in [-0.3, -0.25) is 0 Å². The van der Waals surface area contributed by atoms with Crippen molar-refractivity contribution < 1.29 is 10.0 Å². The van der Waals surface area contributed by atoms with Gasteiger partial charge in [0.1, 0.15) is 4.88 Å². The third-order valence-corrected chi connectivity index (χ3v) is 6.19. The van der Waals surface area contributed by atoms with Crippen molar-refractivity contribution in [3.8, 4) is 5.88 Å². The van der Waals surface area contributed by atoms with Crippen LogP contribution in [0.4, 0.5) is 0 Å². The smallest absolute Gasteiger partial charge is 0.235 e. The van der Waals surface area contributed by atoms with Crippen LogP contribution in [0.2, 0.25) is 0 Å². The first-order valence-electron chi connectivity index (χ1n) is 9.16. The molecule has 3 aromatic rings. The summed E-state index contributed by atoms with van der Waals surface area (Å²) < 4.78 is 1.62. The number of nitrogens with one attached hydrogen (secondary N) is 1. The minimum atomic E-state index is 0.152. The van der Waals surface area contributed by atoms with Gasteiger partial charge in [0.25, 0.3) is 0 Å². The number of rotatable bonds is 4. The number of quaternary nitrogens is 1. The summed E-state index contributed by atoms with van der Waals surface area (Å²) in [6.45, 7) is 6.45. The predicted octanol–water partition coefficient (Wildman–Crippen LogP) is 2.53. The zero-order valence-electron chi connectivity index (χ0n) is 14.8. The van der Waals surface area contributed by atoms with E-state index in [0.29, 0.717) is 0 Å². The molecule has 1 aliphatic rings. The van der Waals surface area contributed by atoms with Crippen molar-refractivity contribution >= 4 is 16.3 Å². The fourth-order valence-corrected chi connectivity index (χ4v) is 5.01. The van der Waals surface area contributed by atoms with Gasteiger partial charge in [0.05, 0.1) is 13.1 Å². The Labute approximate surface area is 151 Å². The first kappa shape index (κ1) is 16.5. The van der Waals surface area contributed by atoms with Crippen LogP contribution in [0.15, 0.2) is 24.3 Å². The van der Waals surface area contributed by atoms with Crippen LogP contribution in [0.25, 0.3) is 4.96 Å². The average molecular weight is 358 g/mol. The minimum absolute atomic E-state index is 0.152. The minimum Gasteiger partial charge on any atom is -0.492 e. The molecule has 0 aliphatic carbocycles. The van der Waals surface area contributed by atoms with Crippen LogP contribution in [-0.4, -0.2) is 32.8 Å². The average Bonchev–Trinajstić information content (AvgIpc) is 3.16. The van der Waals surface area contributed by atoms with E-state index in [1.54, 1.807) is 15.9 Å². The second-order valence-corrected chi connectivity index (χ2v) is 7.94. The largest absolute Gasteiger partial charge is 0.492 e. The maximum atomic E-state index is 10.9. The predicted molar refractivity (Wildman–Crippen MR) is 99.5 cm³/mol. The van der Waals surface area contributed by atoms with Gasteiger partial charge in [0, 0.05) is 12.0 Å². The van der Waals surface area contributed by atoms with E-state index in [-0.39, 0.29) is 11.9 Å². The van der Waals surface area contributed by atoms with E-state index in [1.165, 1.54) is 35.3 Å². The van der Waals surface area contributed by atoms with Gasteiger partial charge in [-0.1, -0.05) is 42.0 Å². The Hall–Kier alpha value is -1.92. The molecule has 0 unspecified atom stereocenters. The summed E-state index contributed by atoms with van der Waals surface area (Å²) in [5.41, 5.74) is 2.53. The highest BCUT2D eigenvalue weighted by molar-refractivity contribution is 7.17. The standard InChI is InChI=1S/C19H24N4OS/c1-3-15-20-19-23(21-15)18(24)17(25-19)16(22-10-5-4-6-11-22)14-9-7-8-13(2)12-14/h7-9,12,16,24H,3-6,10-11H2,1-2H3/p+1/t16-/m0/s1. The number of piperidine rings is 1. The Bertz CT molecular complexity index is 879. The van der Waals surface area contributed by atoms with Crippen LogP contribution < -0.4 is 4.90 Å². The molecule has 25 heavy (non-hydrogen) atoms. The molecule has 1 aliphatic heterocycles. The van der Waals surface area contributed by atoms with Crippen molar-refractivity contribution in [1.82, 2.24) is 14.6 Å². The molecule has 1 saturated heterocycles. The number of hydrogen-bond donors (Lipinski definition) is 2. The fourth-order valence-electron chi connectivity index (χ4n) is 3.85. The monoisotopic (exact) mass is 357 g/mol. The van der Waals surface area contributed by atoms with Gasteiger partial charge in [-0.25, -0.2) is 4.98 Å². The van der Waals surface area contributed by atoms with Gasteiger partial charge >= 0.3 is 0 Å². The topological polar surface area (TPSA) is 54.9 Å². The van der Waals surface area contributed by atoms with Crippen LogP contribution in [0.3, 0.4) is 0 Å². The van der Waals surface area contributed by atoms with Crippen molar-refractivity contribution in [2.75, 3.05) is 13.1 Å². The van der Waals surface area contributed by atoms with Crippen molar-refractivity contribution in [3.05, 3.63) is 46.1 Å². The Kier molecular flexibility index (Phi) is 4.48. The summed E-state index contributed by atoms with van der Waals surface area (Å²) in [5, 5.41) is 15.3. The lowest BCUT2D eigenvalue weighted by Crippen LogP contribution is -3.13. The number of nitrogens with zero attached hydrogens (tertiary/aromatic N) is 3. The Morgan fingerprint density at radius 1 is 1.28 bits per heavy atom. The molecule has 1 atom stereocenters. The number of thiazole rings is 1. The molecule has 132 valence electrons. The first-order valence-corrected chi connectivity index (χ1v) is 9.97. The van der Waals surface area contributed by atoms with Gasteiger partial charge < -0.3 is 10.0 Å². The van der Waals surface area contributed by atoms with E-state index in [4.69, 9.17) is 0 Å². The van der Waals surface area contributed by atoms with Crippen molar-refractivity contribution in [1.29, 1.82) is 0 Å². The quantitative estimate of drug-likeness (QED) is 0.754. The molecular formula is C19H25N4OS+. The van der Waals surface area contributed by atoms with E-state index in [2.05, 4.69) is 41.3 Å². The van der Waals surface area contributed by atoms with E-state index in [0.717, 1.165) is 35.2 Å². The maximum Gasteiger partial charge on any atom is 0.235 e. The molecule has 2 N–H and O–H groups in total. The lowest BCUT2D eigenvalue weighted by molar-refractivity contribution is -0.929. The molecule has 2 aromatic heterocycles. The number of aromatic nitrogens is 3. The zero-order valence-corrected chi connectivity index (χ0v) is 15.6. The summed E-state index contributed by atoms with van der Waals surface area (Å²) in [6.07, 6.45) is 4.59. The number of likely N-dealkylation sites (tertiary alicyclic amines) is 1. The lowest BCUT2D eigenvalue weighted by Gasteiger charge is -2.31. The van der Waals surface area contributed by atoms with Gasteiger partial charge in [0.2, 0.25) is 10.8 Å². The van der Waals surface area contributed by atoms with Crippen LogP contribution in [-0.2, 0) is 6.42 Å². The van der Waals surface area contributed by atoms with Crippen LogP contribution in [0.1, 0.15) is 54.1 Å². The molecular weight excluding hydrogens is 332 g/mol. The van der Waals surface area contributed by atoms with Crippen molar-refractivity contribution in [2.45, 2.75) is 45.6 Å². The molecule has 5 nitrogen and oxygen atoms in total. The third kappa shape index (κ3) is 3.04. The molecule has 0 saturated carbocycles. The van der Waals surface area contributed by atoms with Crippen molar-refractivity contribution in [2.24, 2.45) is 0 Å². The van der Waals surface area contributed by atoms with Gasteiger partial charge in [-0.15, -0.1) is 5.10 Å². The van der Waals surface area contributed by atoms with E-state index >= 15 is 0 Å². The summed E-state index contributed by atoms with van der Waals surface area (Å²) in [6, 6.07) is 8.83. The summed E-state index contributed by atoms with van der Waals surface area (Å²) in [7, 11) is 0. The highest BCUT2D eigenvalue weighted by Gasteiger charge is 2.33. The fraction of sp³-hybridized carbons (Fsp3) is 0.474. The number of hydrogen-bond acceptors (Lipinski definition) is 4. The summed E-state index contributed by atoms with van der Waals surface area (Å²) in [4.78, 5) is 7.86. The normalized spacial score (nSPS) is 17.2. The molecule has 4 rings (SSSR count). The molecule has 1 aromatic carbocycles. The number of aromatic hydroxyl groups is 1. The Morgan fingerprint density at radius 2 is 2.08 bits per heavy atom. The van der Waals surface area contributed by atoms with Gasteiger partial charge in [-0.05, 0) is 32.3 Å². The summed E-state index contributed by atoms with van der Waals surface area (Å²) >= 11 is 1.58. The Morgan fingerprint density at radius 3 is 2.76 bits per heavy atom. The molecule has 6 heteroatoms. The van der Waals surface area contributed by atoms with E-state index < -0.39 is 0 Å². The highest BCUT2D eigenvalue weighted by atomic mass is 32.1. The highest BCUT2D eigenvalue weighted by Crippen LogP contribution is 2.35. The third-order valence-electron chi connectivity index (χ3n) is 5.10. The second-order valence-electron chi connectivity index (χ2n) is 6.93. The second kappa shape index (κ2) is 6.77. The van der Waals surface area contributed by atoms with Crippen LogP contribution in [0, 0.1) is 6.92 Å². The van der Waals surface area contributed by atoms with E-state index in [9.17, 15) is 5.11 Å². The zero-order chi connectivity index (χ0) is 17.4. The molecule has 0 amide bonds.